The highest BCUT2D eigenvalue weighted by Crippen LogP contribution is 2.15. The van der Waals surface area contributed by atoms with Gasteiger partial charge in [-0.05, 0) is 50.9 Å². The van der Waals surface area contributed by atoms with Crippen LogP contribution in [0.5, 0.6) is 0 Å². The van der Waals surface area contributed by atoms with Gasteiger partial charge >= 0.3 is 11.9 Å². The summed E-state index contributed by atoms with van der Waals surface area (Å²) in [7, 11) is 0. The largest absolute Gasteiger partial charge is 0.462 e. The monoisotopic (exact) mass is 775 g/mol. The fraction of sp³-hybridized carbons (Fsp3) is 0.953. The normalized spacial score (nSPS) is 12.0. The highest BCUT2D eigenvalue weighted by molar-refractivity contribution is 7.99. The van der Waals surface area contributed by atoms with Crippen LogP contribution >= 0.6 is 11.8 Å². The summed E-state index contributed by atoms with van der Waals surface area (Å²) in [5.74, 6) is 1.35. The van der Waals surface area contributed by atoms with Crippen molar-refractivity contribution < 1.29 is 34.3 Å². The van der Waals surface area contributed by atoms with Crippen LogP contribution in [-0.2, 0) is 29.1 Å². The number of carbonyl (C=O) groups is 2. The number of nitrogens with one attached hydrogen (secondary N) is 2. The number of hydrogen-bond donors (Lipinski definition) is 3. The average Bonchev–Trinajstić information content (AvgIpc) is 3.16. The first kappa shape index (κ1) is 52.1. The van der Waals surface area contributed by atoms with Crippen LogP contribution in [0.1, 0.15) is 219 Å². The van der Waals surface area contributed by atoms with Crippen molar-refractivity contribution in [1.82, 2.24) is 10.8 Å². The maximum atomic E-state index is 12.7. The van der Waals surface area contributed by atoms with E-state index in [-0.39, 0.29) is 24.6 Å². The molecule has 0 fully saturated rings. The van der Waals surface area contributed by atoms with Gasteiger partial charge in [0.2, 0.25) is 0 Å². The molecular weight excluding hydrogens is 689 g/mol. The van der Waals surface area contributed by atoms with Crippen molar-refractivity contribution in [3.63, 3.8) is 0 Å². The Morgan fingerprint density at radius 3 is 1.43 bits per heavy atom. The molecule has 0 heterocycles. The predicted octanol–water partition coefficient (Wildman–Crippen LogP) is 12.2. The fourth-order valence-corrected chi connectivity index (χ4v) is 7.47. The molecule has 0 aliphatic carbocycles. The molecule has 0 rings (SSSR count). The SMILES string of the molecule is CCCCCCCCCCCC(=O)OCC(CSCCCNCCCCCCCCCCCCCNOOO)OC(=O)CCCCCCCCCCC. The second-order valence-corrected chi connectivity index (χ2v) is 16.2. The predicted molar refractivity (Wildman–Crippen MR) is 223 cm³/mol. The third-order valence-electron chi connectivity index (χ3n) is 9.87. The van der Waals surface area contributed by atoms with E-state index in [4.69, 9.17) is 14.7 Å². The molecule has 0 aromatic rings. The minimum atomic E-state index is -0.372. The lowest BCUT2D eigenvalue weighted by Crippen LogP contribution is -2.28. The molecule has 9 nitrogen and oxygen atoms in total. The zero-order chi connectivity index (χ0) is 38.6. The fourth-order valence-electron chi connectivity index (χ4n) is 6.52. The number of ether oxygens (including phenoxy) is 2. The van der Waals surface area contributed by atoms with E-state index in [2.05, 4.69) is 34.7 Å². The minimum Gasteiger partial charge on any atom is -0.462 e. The van der Waals surface area contributed by atoms with E-state index in [1.807, 2.05) is 0 Å². The molecule has 316 valence electrons. The maximum absolute atomic E-state index is 12.7. The van der Waals surface area contributed by atoms with E-state index in [1.165, 1.54) is 154 Å². The molecule has 1 atom stereocenters. The van der Waals surface area contributed by atoms with Crippen molar-refractivity contribution in [2.45, 2.75) is 225 Å². The highest BCUT2D eigenvalue weighted by atomic mass is 32.2. The zero-order valence-corrected chi connectivity index (χ0v) is 35.6. The van der Waals surface area contributed by atoms with Gasteiger partial charge in [0.1, 0.15) is 12.7 Å². The molecule has 0 aromatic carbocycles. The van der Waals surface area contributed by atoms with Crippen molar-refractivity contribution in [3.05, 3.63) is 0 Å². The molecule has 0 radical (unpaired) electrons. The molecule has 1 unspecified atom stereocenters. The van der Waals surface area contributed by atoms with Gasteiger partial charge in [0, 0.05) is 25.1 Å². The van der Waals surface area contributed by atoms with Crippen LogP contribution in [0.3, 0.4) is 0 Å². The second kappa shape index (κ2) is 45.5. The van der Waals surface area contributed by atoms with Crippen LogP contribution in [0.15, 0.2) is 0 Å². The quantitative estimate of drug-likeness (QED) is 0.0239. The number of hydrogen-bond acceptors (Lipinski definition) is 10. The van der Waals surface area contributed by atoms with Crippen molar-refractivity contribution in [2.75, 3.05) is 37.7 Å². The zero-order valence-electron chi connectivity index (χ0n) is 34.8. The molecule has 0 amide bonds. The first-order chi connectivity index (χ1) is 26.1. The van der Waals surface area contributed by atoms with Gasteiger partial charge < -0.3 is 14.8 Å². The first-order valence-electron chi connectivity index (χ1n) is 22.5. The summed E-state index contributed by atoms with van der Waals surface area (Å²) in [4.78, 5) is 29.4. The summed E-state index contributed by atoms with van der Waals surface area (Å²) in [6.07, 6.45) is 37.4. The summed E-state index contributed by atoms with van der Waals surface area (Å²) in [5, 5.41) is 15.1. The Morgan fingerprint density at radius 2 is 0.943 bits per heavy atom. The summed E-state index contributed by atoms with van der Waals surface area (Å²) >= 11 is 1.79. The molecular formula is C43H86N2O7S. The summed E-state index contributed by atoms with van der Waals surface area (Å²) in [5.41, 5.74) is 2.53. The Hall–Kier alpha value is -0.910. The van der Waals surface area contributed by atoms with Crippen molar-refractivity contribution in [2.24, 2.45) is 0 Å². The van der Waals surface area contributed by atoms with Crippen LogP contribution < -0.4 is 10.8 Å². The van der Waals surface area contributed by atoms with Crippen molar-refractivity contribution >= 4 is 23.7 Å². The van der Waals surface area contributed by atoms with Gasteiger partial charge in [-0.15, -0.1) is 4.99 Å². The molecule has 0 saturated heterocycles. The molecule has 0 spiro atoms. The molecule has 0 saturated carbocycles. The Labute approximate surface area is 331 Å². The minimum absolute atomic E-state index is 0.155. The number of esters is 2. The second-order valence-electron chi connectivity index (χ2n) is 15.1. The lowest BCUT2D eigenvalue weighted by molar-refractivity contribution is -0.514. The van der Waals surface area contributed by atoms with E-state index >= 15 is 0 Å². The lowest BCUT2D eigenvalue weighted by atomic mass is 10.1. The first-order valence-corrected chi connectivity index (χ1v) is 23.6. The van der Waals surface area contributed by atoms with Gasteiger partial charge in [0.25, 0.3) is 0 Å². The van der Waals surface area contributed by atoms with Gasteiger partial charge in [0.15, 0.2) is 0 Å². The van der Waals surface area contributed by atoms with Gasteiger partial charge in [-0.1, -0.05) is 179 Å². The molecule has 53 heavy (non-hydrogen) atoms. The molecule has 3 N–H and O–H groups in total. The van der Waals surface area contributed by atoms with Crippen LogP contribution in [0.2, 0.25) is 0 Å². The summed E-state index contributed by atoms with van der Waals surface area (Å²) in [6, 6.07) is 0. The van der Waals surface area contributed by atoms with Gasteiger partial charge in [-0.2, -0.15) is 17.2 Å². The number of unbranched alkanes of at least 4 members (excludes halogenated alkanes) is 26. The maximum Gasteiger partial charge on any atom is 0.306 e. The lowest BCUT2D eigenvalue weighted by Gasteiger charge is -2.18. The topological polar surface area (TPSA) is 115 Å². The van der Waals surface area contributed by atoms with Gasteiger partial charge in [-0.25, -0.2) is 5.26 Å². The number of carbonyl (C=O) groups excluding carboxylic acids is 2. The number of rotatable bonds is 45. The van der Waals surface area contributed by atoms with Crippen molar-refractivity contribution in [3.8, 4) is 0 Å². The van der Waals surface area contributed by atoms with Crippen LogP contribution in [0, 0.1) is 0 Å². The van der Waals surface area contributed by atoms with Gasteiger partial charge in [0.05, 0.1) is 0 Å². The number of thioether (sulfide) groups is 1. The Balaban J connectivity index is 4.05. The molecule has 10 heteroatoms. The highest BCUT2D eigenvalue weighted by Gasteiger charge is 2.17. The standard InChI is InChI=1S/C43H86N2O7S/c1-3-5-7-9-11-16-20-24-28-33-42(46)49-39-41(50-43(47)34-29-25-21-17-12-10-8-6-4-2)40-53-38-32-36-44-35-30-26-22-18-14-13-15-19-23-27-31-37-45-51-52-48/h41,44-45,48H,3-40H2,1-2H3. The van der Waals surface area contributed by atoms with E-state index in [0.29, 0.717) is 25.1 Å². The molecule has 0 aliphatic rings. The third kappa shape index (κ3) is 43.7. The van der Waals surface area contributed by atoms with E-state index < -0.39 is 0 Å². The molecule has 0 bridgehead atoms. The van der Waals surface area contributed by atoms with Crippen LogP contribution in [0.4, 0.5) is 0 Å². The average molecular weight is 775 g/mol. The van der Waals surface area contributed by atoms with E-state index in [9.17, 15) is 9.59 Å². The Morgan fingerprint density at radius 1 is 0.528 bits per heavy atom. The summed E-state index contributed by atoms with van der Waals surface area (Å²) < 4.78 is 11.5. The van der Waals surface area contributed by atoms with Crippen LogP contribution in [-0.4, -0.2) is 61.0 Å². The smallest absolute Gasteiger partial charge is 0.306 e. The molecule has 0 aliphatic heterocycles. The van der Waals surface area contributed by atoms with Crippen molar-refractivity contribution in [1.29, 1.82) is 0 Å². The Bertz CT molecular complexity index is 749. The third-order valence-corrected chi connectivity index (χ3v) is 11.1. The molecule has 0 aromatic heterocycles. The Kier molecular flexibility index (Phi) is 44.7. The van der Waals surface area contributed by atoms with Crippen LogP contribution in [0.25, 0.3) is 0 Å². The van der Waals surface area contributed by atoms with Gasteiger partial charge in [-0.3, -0.25) is 9.59 Å². The van der Waals surface area contributed by atoms with E-state index in [1.54, 1.807) is 11.8 Å². The number of hydroxylamine groups is 1. The summed E-state index contributed by atoms with van der Waals surface area (Å²) in [6.45, 7) is 7.43. The van der Waals surface area contributed by atoms with E-state index in [0.717, 1.165) is 57.4 Å².